The summed E-state index contributed by atoms with van der Waals surface area (Å²) in [5.41, 5.74) is 7.50. The van der Waals surface area contributed by atoms with Crippen LogP contribution in [0.15, 0.2) is 18.5 Å². The van der Waals surface area contributed by atoms with Crippen molar-refractivity contribution in [2.75, 3.05) is 11.1 Å². The maximum absolute atomic E-state index is 12.1. The van der Waals surface area contributed by atoms with Gasteiger partial charge in [0, 0.05) is 13.2 Å². The molecule has 0 aliphatic rings. The van der Waals surface area contributed by atoms with Gasteiger partial charge in [-0.3, -0.25) is 14.5 Å². The summed E-state index contributed by atoms with van der Waals surface area (Å²) in [5, 5.41) is 7.14. The predicted molar refractivity (Wildman–Crippen MR) is 69.6 cm³/mol. The number of nitrogen functional groups attached to an aromatic ring is 1. The monoisotopic (exact) mass is 265 g/mol. The van der Waals surface area contributed by atoms with Gasteiger partial charge in [-0.1, -0.05) is 11.6 Å². The Kier molecular flexibility index (Phi) is 3.20. The quantitative estimate of drug-likeness (QED) is 0.864. The van der Waals surface area contributed by atoms with Gasteiger partial charge in [-0.05, 0) is 13.0 Å². The van der Waals surface area contributed by atoms with E-state index < -0.39 is 0 Å². The van der Waals surface area contributed by atoms with Gasteiger partial charge in [-0.2, -0.15) is 5.10 Å². The second kappa shape index (κ2) is 4.66. The molecule has 3 N–H and O–H groups in total. The summed E-state index contributed by atoms with van der Waals surface area (Å²) in [6, 6.07) is 1.59. The molecule has 6 nitrogen and oxygen atoms in total. The van der Waals surface area contributed by atoms with Gasteiger partial charge in [0.05, 0.1) is 28.3 Å². The van der Waals surface area contributed by atoms with Crippen LogP contribution >= 0.6 is 11.6 Å². The molecule has 0 aliphatic carbocycles. The molecule has 0 fully saturated rings. The fourth-order valence-electron chi connectivity index (χ4n) is 1.59. The Bertz CT molecular complexity index is 607. The highest BCUT2D eigenvalue weighted by Gasteiger charge is 2.18. The van der Waals surface area contributed by atoms with Crippen molar-refractivity contribution >= 4 is 28.9 Å². The highest BCUT2D eigenvalue weighted by molar-refractivity contribution is 6.33. The van der Waals surface area contributed by atoms with Gasteiger partial charge < -0.3 is 11.1 Å². The first-order valence-corrected chi connectivity index (χ1v) is 5.58. The number of carbonyl (C=O) groups excluding carboxylic acids is 1. The van der Waals surface area contributed by atoms with E-state index in [2.05, 4.69) is 15.4 Å². The van der Waals surface area contributed by atoms with E-state index >= 15 is 0 Å². The van der Waals surface area contributed by atoms with Crippen molar-refractivity contribution in [1.29, 1.82) is 0 Å². The summed E-state index contributed by atoms with van der Waals surface area (Å²) in [5.74, 6) is -0.370. The first-order chi connectivity index (χ1) is 8.50. The molecule has 0 spiro atoms. The van der Waals surface area contributed by atoms with Crippen LogP contribution in [0.4, 0.5) is 11.4 Å². The van der Waals surface area contributed by atoms with Crippen molar-refractivity contribution in [3.8, 4) is 0 Å². The molecule has 0 bridgehead atoms. The fourth-order valence-corrected chi connectivity index (χ4v) is 1.75. The number of hydrogen-bond donors (Lipinski definition) is 2. The molecule has 18 heavy (non-hydrogen) atoms. The number of hydrogen-bond acceptors (Lipinski definition) is 4. The normalized spacial score (nSPS) is 10.4. The number of carbonyl (C=O) groups is 1. The predicted octanol–water partition coefficient (Wildman–Crippen LogP) is 1.61. The van der Waals surface area contributed by atoms with Crippen molar-refractivity contribution in [3.63, 3.8) is 0 Å². The number of aryl methyl sites for hydroxylation is 2. The Morgan fingerprint density at radius 2 is 2.28 bits per heavy atom. The number of anilines is 2. The van der Waals surface area contributed by atoms with Gasteiger partial charge in [0.15, 0.2) is 0 Å². The van der Waals surface area contributed by atoms with Crippen molar-refractivity contribution in [3.05, 3.63) is 34.9 Å². The van der Waals surface area contributed by atoms with E-state index in [-0.39, 0.29) is 5.91 Å². The molecule has 0 radical (unpaired) electrons. The zero-order valence-electron chi connectivity index (χ0n) is 9.94. The SMILES string of the molecule is Cc1nn(C)c(C(=O)Nc2cnccc2Cl)c1N. The van der Waals surface area contributed by atoms with Gasteiger partial charge in [-0.15, -0.1) is 0 Å². The molecule has 2 heterocycles. The largest absolute Gasteiger partial charge is 0.395 e. The minimum atomic E-state index is -0.370. The Hall–Kier alpha value is -2.08. The Morgan fingerprint density at radius 3 is 2.83 bits per heavy atom. The summed E-state index contributed by atoms with van der Waals surface area (Å²) in [7, 11) is 1.66. The number of nitrogens with one attached hydrogen (secondary N) is 1. The summed E-state index contributed by atoms with van der Waals surface area (Å²) in [6.45, 7) is 1.74. The molecule has 0 saturated carbocycles. The molecule has 2 aromatic rings. The average molecular weight is 266 g/mol. The third kappa shape index (κ3) is 2.14. The molecule has 0 unspecified atom stereocenters. The summed E-state index contributed by atoms with van der Waals surface area (Å²) >= 11 is 5.93. The van der Waals surface area contributed by atoms with Gasteiger partial charge in [-0.25, -0.2) is 0 Å². The first kappa shape index (κ1) is 12.4. The Balaban J connectivity index is 2.31. The van der Waals surface area contributed by atoms with Gasteiger partial charge in [0.2, 0.25) is 0 Å². The van der Waals surface area contributed by atoms with Crippen LogP contribution in [0, 0.1) is 6.92 Å². The van der Waals surface area contributed by atoms with Crippen LogP contribution in [0.3, 0.4) is 0 Å². The van der Waals surface area contributed by atoms with E-state index in [1.807, 2.05) is 0 Å². The molecule has 2 rings (SSSR count). The standard InChI is InChI=1S/C11H12ClN5O/c1-6-9(13)10(17(2)16-6)11(18)15-8-5-14-4-3-7(8)12/h3-5H,13H2,1-2H3,(H,15,18). The summed E-state index contributed by atoms with van der Waals surface area (Å²) in [6.07, 6.45) is 3.01. The molecule has 0 atom stereocenters. The van der Waals surface area contributed by atoms with Crippen LogP contribution in [-0.4, -0.2) is 20.7 Å². The van der Waals surface area contributed by atoms with E-state index in [0.717, 1.165) is 0 Å². The molecule has 94 valence electrons. The third-order valence-corrected chi connectivity index (χ3v) is 2.83. The zero-order valence-corrected chi connectivity index (χ0v) is 10.7. The van der Waals surface area contributed by atoms with E-state index in [4.69, 9.17) is 17.3 Å². The molecule has 0 aliphatic heterocycles. The van der Waals surface area contributed by atoms with Crippen LogP contribution in [0.2, 0.25) is 5.02 Å². The summed E-state index contributed by atoms with van der Waals surface area (Å²) < 4.78 is 1.43. The van der Waals surface area contributed by atoms with Crippen LogP contribution in [0.25, 0.3) is 0 Å². The molecule has 1 amide bonds. The fraction of sp³-hybridized carbons (Fsp3) is 0.182. The lowest BCUT2D eigenvalue weighted by Gasteiger charge is -2.07. The van der Waals surface area contributed by atoms with Gasteiger partial charge >= 0.3 is 0 Å². The average Bonchev–Trinajstić information content (AvgIpc) is 2.56. The van der Waals surface area contributed by atoms with Gasteiger partial charge in [0.25, 0.3) is 5.91 Å². The zero-order chi connectivity index (χ0) is 13.3. The molecule has 2 aromatic heterocycles. The van der Waals surface area contributed by atoms with Crippen molar-refractivity contribution < 1.29 is 4.79 Å². The van der Waals surface area contributed by atoms with Crippen molar-refractivity contribution in [2.24, 2.45) is 7.05 Å². The lowest BCUT2D eigenvalue weighted by molar-refractivity contribution is 0.101. The maximum Gasteiger partial charge on any atom is 0.276 e. The molecule has 0 aromatic carbocycles. The van der Waals surface area contributed by atoms with Crippen LogP contribution in [0.1, 0.15) is 16.2 Å². The highest BCUT2D eigenvalue weighted by Crippen LogP contribution is 2.22. The van der Waals surface area contributed by atoms with Crippen LogP contribution in [-0.2, 0) is 7.05 Å². The molecular weight excluding hydrogens is 254 g/mol. The first-order valence-electron chi connectivity index (χ1n) is 5.20. The maximum atomic E-state index is 12.1. The Labute approximate surface area is 109 Å². The van der Waals surface area contributed by atoms with E-state index in [9.17, 15) is 4.79 Å². The highest BCUT2D eigenvalue weighted by atomic mass is 35.5. The summed E-state index contributed by atoms with van der Waals surface area (Å²) in [4.78, 5) is 16.0. The van der Waals surface area contributed by atoms with E-state index in [1.165, 1.54) is 10.9 Å². The van der Waals surface area contributed by atoms with E-state index in [1.54, 1.807) is 26.2 Å². The number of pyridine rings is 1. The van der Waals surface area contributed by atoms with Crippen LogP contribution < -0.4 is 11.1 Å². The van der Waals surface area contributed by atoms with Crippen molar-refractivity contribution in [1.82, 2.24) is 14.8 Å². The lowest BCUT2D eigenvalue weighted by Crippen LogP contribution is -2.18. The lowest BCUT2D eigenvalue weighted by atomic mass is 10.3. The van der Waals surface area contributed by atoms with Crippen molar-refractivity contribution in [2.45, 2.75) is 6.92 Å². The number of halogens is 1. The molecular formula is C11H12ClN5O. The third-order valence-electron chi connectivity index (χ3n) is 2.50. The number of nitrogens with two attached hydrogens (primary N) is 1. The second-order valence-electron chi connectivity index (χ2n) is 3.78. The van der Waals surface area contributed by atoms with E-state index in [0.29, 0.717) is 27.8 Å². The minimum absolute atomic E-state index is 0.299. The number of aromatic nitrogens is 3. The van der Waals surface area contributed by atoms with Crippen LogP contribution in [0.5, 0.6) is 0 Å². The molecule has 7 heteroatoms. The number of nitrogens with zero attached hydrogens (tertiary/aromatic N) is 3. The minimum Gasteiger partial charge on any atom is -0.395 e. The second-order valence-corrected chi connectivity index (χ2v) is 4.19. The number of rotatable bonds is 2. The number of amides is 1. The van der Waals surface area contributed by atoms with Gasteiger partial charge in [0.1, 0.15) is 5.69 Å². The smallest absolute Gasteiger partial charge is 0.276 e. The Morgan fingerprint density at radius 1 is 1.56 bits per heavy atom. The topological polar surface area (TPSA) is 85.8 Å². The molecule has 0 saturated heterocycles.